The topological polar surface area (TPSA) is 112 Å². The number of benzene rings is 1. The van der Waals surface area contributed by atoms with Crippen LogP contribution in [-0.2, 0) is 25.4 Å². The molecule has 2 aliphatic rings. The molecule has 2 aromatic rings. The fraction of sp³-hybridized carbons (Fsp3) is 0.350. The van der Waals surface area contributed by atoms with Crippen molar-refractivity contribution in [3.8, 4) is 0 Å². The molecule has 0 unspecified atom stereocenters. The van der Waals surface area contributed by atoms with Gasteiger partial charge < -0.3 is 19.5 Å². The summed E-state index contributed by atoms with van der Waals surface area (Å²) in [4.78, 5) is 38.0. The molecule has 4 rings (SSSR count). The van der Waals surface area contributed by atoms with Gasteiger partial charge in [-0.3, -0.25) is 19.1 Å². The highest BCUT2D eigenvalue weighted by molar-refractivity contribution is 5.79. The molecule has 152 valence electrons. The van der Waals surface area contributed by atoms with E-state index in [0.717, 1.165) is 5.56 Å². The van der Waals surface area contributed by atoms with Gasteiger partial charge in [-0.05, 0) is 19.4 Å². The molecule has 2 N–H and O–H groups in total. The fourth-order valence-electron chi connectivity index (χ4n) is 3.43. The molecule has 9 heteroatoms. The van der Waals surface area contributed by atoms with E-state index in [1.54, 1.807) is 13.8 Å². The highest BCUT2D eigenvalue weighted by Gasteiger charge is 2.54. The van der Waals surface area contributed by atoms with Crippen molar-refractivity contribution in [1.82, 2.24) is 14.9 Å². The number of rotatable bonds is 4. The highest BCUT2D eigenvalue weighted by atomic mass is 16.8. The summed E-state index contributed by atoms with van der Waals surface area (Å²) >= 11 is 0. The zero-order valence-corrected chi connectivity index (χ0v) is 16.0. The molecule has 0 radical (unpaired) electrons. The predicted octanol–water partition coefficient (Wildman–Crippen LogP) is 0.786. The van der Waals surface area contributed by atoms with E-state index in [1.165, 1.54) is 23.0 Å². The highest BCUT2D eigenvalue weighted by Crippen LogP contribution is 2.44. The fourth-order valence-corrected chi connectivity index (χ4v) is 3.43. The predicted molar refractivity (Wildman–Crippen MR) is 102 cm³/mol. The van der Waals surface area contributed by atoms with Crippen LogP contribution in [-0.4, -0.2) is 33.5 Å². The van der Waals surface area contributed by atoms with E-state index in [2.05, 4.69) is 10.3 Å². The minimum absolute atomic E-state index is 0.213. The van der Waals surface area contributed by atoms with E-state index in [4.69, 9.17) is 14.2 Å². The molecule has 1 aromatic heterocycles. The molecule has 1 amide bonds. The molecular weight excluding hydrogens is 378 g/mol. The van der Waals surface area contributed by atoms with Crippen LogP contribution in [0.1, 0.15) is 25.6 Å². The van der Waals surface area contributed by atoms with Gasteiger partial charge in [0, 0.05) is 18.5 Å². The van der Waals surface area contributed by atoms with Crippen molar-refractivity contribution in [2.45, 2.75) is 44.5 Å². The Labute approximate surface area is 165 Å². The number of amides is 1. The van der Waals surface area contributed by atoms with Crippen LogP contribution in [0.15, 0.2) is 64.1 Å². The zero-order chi connectivity index (χ0) is 20.6. The number of carbonyl (C=O) groups excluding carboxylic acids is 1. The lowest BCUT2D eigenvalue weighted by atomic mass is 10.1. The Bertz CT molecular complexity index is 1060. The summed E-state index contributed by atoms with van der Waals surface area (Å²) in [6.07, 6.45) is 0.920. The van der Waals surface area contributed by atoms with Crippen molar-refractivity contribution >= 4 is 5.91 Å². The van der Waals surface area contributed by atoms with Gasteiger partial charge in [0.25, 0.3) is 5.56 Å². The van der Waals surface area contributed by atoms with Gasteiger partial charge in [-0.2, -0.15) is 0 Å². The van der Waals surface area contributed by atoms with Gasteiger partial charge in [-0.15, -0.1) is 0 Å². The number of nitrogens with one attached hydrogen (secondary N) is 2. The molecule has 0 aliphatic carbocycles. The molecule has 3 heterocycles. The average molecular weight is 399 g/mol. The second-order valence-electron chi connectivity index (χ2n) is 7.32. The van der Waals surface area contributed by atoms with E-state index in [1.807, 2.05) is 30.3 Å². The summed E-state index contributed by atoms with van der Waals surface area (Å²) in [6.45, 7) is 3.51. The maximum absolute atomic E-state index is 12.3. The third-order valence-electron chi connectivity index (χ3n) is 4.66. The summed E-state index contributed by atoms with van der Waals surface area (Å²) in [5.41, 5.74) is -0.245. The van der Waals surface area contributed by atoms with Crippen molar-refractivity contribution in [3.63, 3.8) is 0 Å². The molecule has 0 saturated carbocycles. The second kappa shape index (κ2) is 7.34. The monoisotopic (exact) mass is 399 g/mol. The Balaban J connectivity index is 1.55. The number of ether oxygens (including phenoxy) is 3. The largest absolute Gasteiger partial charge is 0.467 e. The maximum Gasteiger partial charge on any atom is 0.331 e. The van der Waals surface area contributed by atoms with Gasteiger partial charge >= 0.3 is 5.69 Å². The third kappa shape index (κ3) is 4.01. The normalized spacial score (nSPS) is 26.1. The smallest absolute Gasteiger partial charge is 0.331 e. The van der Waals surface area contributed by atoms with Crippen molar-refractivity contribution in [3.05, 3.63) is 81.0 Å². The van der Waals surface area contributed by atoms with Crippen LogP contribution in [0.25, 0.3) is 0 Å². The van der Waals surface area contributed by atoms with Crippen LogP contribution in [0.2, 0.25) is 0 Å². The third-order valence-corrected chi connectivity index (χ3v) is 4.66. The van der Waals surface area contributed by atoms with E-state index >= 15 is 0 Å². The van der Waals surface area contributed by atoms with Gasteiger partial charge in [-0.25, -0.2) is 4.79 Å². The quantitative estimate of drug-likeness (QED) is 0.786. The van der Waals surface area contributed by atoms with Crippen molar-refractivity contribution in [2.24, 2.45) is 0 Å². The number of H-pyrrole nitrogens is 1. The van der Waals surface area contributed by atoms with Crippen LogP contribution < -0.4 is 16.6 Å². The Hall–Kier alpha value is -3.17. The van der Waals surface area contributed by atoms with Crippen molar-refractivity contribution in [1.29, 1.82) is 0 Å². The Morgan fingerprint density at radius 1 is 1.21 bits per heavy atom. The number of aromatic nitrogens is 2. The number of hydrogen-bond acceptors (Lipinski definition) is 6. The van der Waals surface area contributed by atoms with Crippen molar-refractivity contribution < 1.29 is 19.0 Å². The molecule has 3 atom stereocenters. The van der Waals surface area contributed by atoms with E-state index < -0.39 is 35.5 Å². The van der Waals surface area contributed by atoms with Crippen LogP contribution in [0.3, 0.4) is 0 Å². The van der Waals surface area contributed by atoms with E-state index in [9.17, 15) is 14.4 Å². The molecule has 2 fully saturated rings. The minimum atomic E-state index is -0.893. The first-order valence-corrected chi connectivity index (χ1v) is 9.19. The molecule has 1 aromatic carbocycles. The van der Waals surface area contributed by atoms with Crippen LogP contribution in [0.4, 0.5) is 0 Å². The first kappa shape index (κ1) is 19.2. The summed E-state index contributed by atoms with van der Waals surface area (Å²) in [5, 5.41) is 2.70. The summed E-state index contributed by atoms with van der Waals surface area (Å²) in [6, 6.07) is 10.6. The van der Waals surface area contributed by atoms with Gasteiger partial charge in [-0.1, -0.05) is 30.3 Å². The van der Waals surface area contributed by atoms with E-state index in [-0.39, 0.29) is 12.3 Å². The molecule has 2 aliphatic heterocycles. The van der Waals surface area contributed by atoms with E-state index in [0.29, 0.717) is 5.76 Å². The molecule has 0 bridgehead atoms. The Kier molecular flexibility index (Phi) is 4.85. The number of fused-ring (bicyclic) bond motifs is 1. The summed E-state index contributed by atoms with van der Waals surface area (Å²) in [7, 11) is 0. The lowest BCUT2D eigenvalue weighted by Crippen LogP contribution is -2.37. The van der Waals surface area contributed by atoms with Gasteiger partial charge in [0.1, 0.15) is 5.76 Å². The Morgan fingerprint density at radius 3 is 2.69 bits per heavy atom. The van der Waals surface area contributed by atoms with Gasteiger partial charge in [0.2, 0.25) is 12.1 Å². The number of hydrogen-bond donors (Lipinski definition) is 2. The second-order valence-corrected chi connectivity index (χ2v) is 7.32. The lowest BCUT2D eigenvalue weighted by molar-refractivity contribution is -0.174. The van der Waals surface area contributed by atoms with Gasteiger partial charge in [0.15, 0.2) is 18.0 Å². The SMILES string of the molecule is CC1(C)O[C@@H]2[C@H](O1)/C(=C\NC(=O)Cc1ccccc1)O[C@H]2n1ccc(=O)[nH]c1=O. The molecule has 9 nitrogen and oxygen atoms in total. The average Bonchev–Trinajstić information content (AvgIpc) is 3.14. The standard InChI is InChI=1S/C20H21N3O6/c1-20(2)28-16-13(11-21-15(25)10-12-6-4-3-5-7-12)27-18(17(16)29-20)23-9-8-14(24)22-19(23)26/h3-9,11,16-18H,10H2,1-2H3,(H,21,25)(H,22,24,26)/b13-11+/t16-,17-,18-/m1/s1. The summed E-state index contributed by atoms with van der Waals surface area (Å²) < 4.78 is 18.9. The number of carbonyl (C=O) groups is 1. The van der Waals surface area contributed by atoms with Crippen molar-refractivity contribution in [2.75, 3.05) is 0 Å². The number of aromatic amines is 1. The number of nitrogens with zero attached hydrogens (tertiary/aromatic N) is 1. The summed E-state index contributed by atoms with van der Waals surface area (Å²) in [5.74, 6) is -0.771. The first-order chi connectivity index (χ1) is 13.8. The minimum Gasteiger partial charge on any atom is -0.467 e. The lowest BCUT2D eigenvalue weighted by Gasteiger charge is -2.23. The molecule has 2 saturated heterocycles. The molecule has 0 spiro atoms. The Morgan fingerprint density at radius 2 is 1.97 bits per heavy atom. The maximum atomic E-state index is 12.3. The van der Waals surface area contributed by atoms with Gasteiger partial charge in [0.05, 0.1) is 6.42 Å². The zero-order valence-electron chi connectivity index (χ0n) is 16.0. The van der Waals surface area contributed by atoms with Crippen LogP contribution in [0, 0.1) is 0 Å². The molecule has 29 heavy (non-hydrogen) atoms. The molecular formula is C20H21N3O6. The van der Waals surface area contributed by atoms with Crippen LogP contribution in [0.5, 0.6) is 0 Å². The van der Waals surface area contributed by atoms with Crippen LogP contribution >= 0.6 is 0 Å². The first-order valence-electron chi connectivity index (χ1n) is 9.19.